The Hall–Kier alpha value is 0.388. The molecule has 16 heteroatoms. The summed E-state index contributed by atoms with van der Waals surface area (Å²) in [7, 11) is -11.6. The third kappa shape index (κ3) is 15.7. The standard InChI is InChI=1S/C14H34O6Si2.C13H32O6Si2/c1-8-15-21(16-9-2,17-10-3)14(7)22(18-11-4,19-12-5)20-13-6;1-7-14-20(15-8-2,16-9-3)13-21(17-10-4,18-11-5)19-12-6/h14H,8-13H2,1-7H3;7-13H2,1-6H3. The monoisotopic (exact) mass is 694 g/mol. The highest BCUT2D eigenvalue weighted by Gasteiger charge is 2.63. The van der Waals surface area contributed by atoms with Gasteiger partial charge in [0.15, 0.2) is 0 Å². The maximum absolute atomic E-state index is 6.01. The normalized spacial score (nSPS) is 13.0. The van der Waals surface area contributed by atoms with Crippen LogP contribution in [-0.2, 0) is 53.1 Å². The molecule has 0 saturated heterocycles. The Morgan fingerprint density at radius 2 is 0.465 bits per heavy atom. The molecule has 0 unspecified atom stereocenters. The van der Waals surface area contributed by atoms with Crippen molar-refractivity contribution in [3.05, 3.63) is 0 Å². The number of hydrogen-bond acceptors (Lipinski definition) is 12. The minimum atomic E-state index is -2.96. The number of rotatable bonds is 28. The zero-order valence-corrected chi connectivity index (χ0v) is 33.7. The predicted octanol–water partition coefficient (Wildman–Crippen LogP) is 5.63. The van der Waals surface area contributed by atoms with E-state index in [-0.39, 0.29) is 5.16 Å². The van der Waals surface area contributed by atoms with E-state index in [0.29, 0.717) is 84.9 Å². The van der Waals surface area contributed by atoms with Gasteiger partial charge in [-0.15, -0.1) is 0 Å². The summed E-state index contributed by atoms with van der Waals surface area (Å²) in [6, 6.07) is 0. The van der Waals surface area contributed by atoms with Crippen molar-refractivity contribution in [3.63, 3.8) is 0 Å². The van der Waals surface area contributed by atoms with Gasteiger partial charge in [-0.2, -0.15) is 0 Å². The topological polar surface area (TPSA) is 111 Å². The lowest BCUT2D eigenvalue weighted by Crippen LogP contribution is -2.63. The smallest absolute Gasteiger partial charge is 0.374 e. The van der Waals surface area contributed by atoms with E-state index in [4.69, 9.17) is 53.1 Å². The summed E-state index contributed by atoms with van der Waals surface area (Å²) < 4.78 is 71.4. The molecule has 43 heavy (non-hydrogen) atoms. The second-order valence-electron chi connectivity index (χ2n) is 8.67. The summed E-state index contributed by atoms with van der Waals surface area (Å²) in [5.74, 6) is 0. The van der Waals surface area contributed by atoms with E-state index in [0.717, 1.165) is 0 Å². The lowest BCUT2D eigenvalue weighted by atomic mass is 10.9. The van der Waals surface area contributed by atoms with Crippen LogP contribution in [-0.4, -0.2) is 115 Å². The van der Waals surface area contributed by atoms with Crippen molar-refractivity contribution in [1.29, 1.82) is 0 Å². The summed E-state index contributed by atoms with van der Waals surface area (Å²) in [6.07, 6.45) is 0. The van der Waals surface area contributed by atoms with Crippen molar-refractivity contribution in [1.82, 2.24) is 0 Å². The average molecular weight is 695 g/mol. The second-order valence-corrected chi connectivity index (χ2v) is 21.0. The number of hydrogen-bond donors (Lipinski definition) is 0. The molecular weight excluding hydrogens is 629 g/mol. The Labute approximate surface area is 268 Å². The molecule has 0 aromatic carbocycles. The first kappa shape index (κ1) is 45.5. The molecule has 0 aromatic heterocycles. The van der Waals surface area contributed by atoms with E-state index in [1.54, 1.807) is 0 Å². The van der Waals surface area contributed by atoms with Gasteiger partial charge in [-0.05, 0) is 83.1 Å². The molecule has 0 rings (SSSR count). The molecule has 0 aliphatic heterocycles. The first-order chi connectivity index (χ1) is 20.6. The highest BCUT2D eigenvalue weighted by Crippen LogP contribution is 2.36. The molecular formula is C27H66O12Si4. The van der Waals surface area contributed by atoms with Crippen LogP contribution < -0.4 is 0 Å². The Bertz CT molecular complexity index is 521. The molecule has 0 aliphatic carbocycles. The maximum Gasteiger partial charge on any atom is 0.508 e. The fraction of sp³-hybridized carbons (Fsp3) is 1.00. The minimum Gasteiger partial charge on any atom is -0.374 e. The Kier molecular flexibility index (Phi) is 28.0. The van der Waals surface area contributed by atoms with Crippen molar-refractivity contribution in [2.75, 3.05) is 79.3 Å². The van der Waals surface area contributed by atoms with Crippen LogP contribution in [0.5, 0.6) is 0 Å². The predicted molar refractivity (Wildman–Crippen MR) is 177 cm³/mol. The van der Waals surface area contributed by atoms with Gasteiger partial charge in [0.05, 0.1) is 10.8 Å². The van der Waals surface area contributed by atoms with Gasteiger partial charge < -0.3 is 53.1 Å². The molecule has 0 amide bonds. The summed E-state index contributed by atoms with van der Waals surface area (Å²) in [5, 5.41) is -0.181. The van der Waals surface area contributed by atoms with Crippen LogP contribution in [0, 0.1) is 0 Å². The third-order valence-corrected chi connectivity index (χ3v) is 22.0. The highest BCUT2D eigenvalue weighted by atomic mass is 28.5. The third-order valence-electron chi connectivity index (χ3n) is 5.75. The molecule has 0 spiro atoms. The van der Waals surface area contributed by atoms with Gasteiger partial charge >= 0.3 is 35.2 Å². The van der Waals surface area contributed by atoms with E-state index in [1.165, 1.54) is 0 Å². The van der Waals surface area contributed by atoms with Gasteiger partial charge in [0.25, 0.3) is 0 Å². The van der Waals surface area contributed by atoms with Crippen LogP contribution in [0.15, 0.2) is 0 Å². The first-order valence-electron chi connectivity index (χ1n) is 16.3. The molecule has 0 radical (unpaired) electrons. The van der Waals surface area contributed by atoms with Crippen molar-refractivity contribution in [2.45, 2.75) is 101 Å². The molecule has 0 aliphatic rings. The van der Waals surface area contributed by atoms with E-state index in [1.807, 2.05) is 90.0 Å². The van der Waals surface area contributed by atoms with Crippen LogP contribution in [0.2, 0.25) is 10.8 Å². The minimum absolute atomic E-state index is 0.181. The SMILES string of the molecule is CCO[Si](C[Si](OCC)(OCC)OCC)(OCC)OCC.CCO[Si](OCC)(OCC)C(C)[Si](OCC)(OCC)OCC. The quantitative estimate of drug-likeness (QED) is 0.0946. The van der Waals surface area contributed by atoms with Crippen LogP contribution in [0.1, 0.15) is 90.0 Å². The fourth-order valence-corrected chi connectivity index (χ4v) is 19.9. The molecule has 0 N–H and O–H groups in total. The molecule has 0 saturated carbocycles. The van der Waals surface area contributed by atoms with Gasteiger partial charge in [0, 0.05) is 79.3 Å². The molecule has 12 nitrogen and oxygen atoms in total. The van der Waals surface area contributed by atoms with E-state index >= 15 is 0 Å². The molecule has 0 heterocycles. The Morgan fingerprint density at radius 1 is 0.302 bits per heavy atom. The van der Waals surface area contributed by atoms with Crippen LogP contribution in [0.4, 0.5) is 0 Å². The summed E-state index contributed by atoms with van der Waals surface area (Å²) in [5.41, 5.74) is 0.449. The maximum atomic E-state index is 6.01. The van der Waals surface area contributed by atoms with Gasteiger partial charge in [0.2, 0.25) is 0 Å². The fourth-order valence-electron chi connectivity index (χ4n) is 4.56. The zero-order valence-electron chi connectivity index (χ0n) is 29.7. The Balaban J connectivity index is 0. The average Bonchev–Trinajstić information content (AvgIpc) is 2.94. The summed E-state index contributed by atoms with van der Waals surface area (Å²) >= 11 is 0. The van der Waals surface area contributed by atoms with E-state index in [2.05, 4.69) is 0 Å². The van der Waals surface area contributed by atoms with Crippen molar-refractivity contribution in [3.8, 4) is 0 Å². The molecule has 262 valence electrons. The van der Waals surface area contributed by atoms with Crippen LogP contribution in [0.3, 0.4) is 0 Å². The summed E-state index contributed by atoms with van der Waals surface area (Å²) in [6.45, 7) is 31.6. The van der Waals surface area contributed by atoms with Crippen LogP contribution >= 0.6 is 0 Å². The van der Waals surface area contributed by atoms with Gasteiger partial charge in [-0.3, -0.25) is 0 Å². The van der Waals surface area contributed by atoms with Crippen molar-refractivity contribution < 1.29 is 53.1 Å². The van der Waals surface area contributed by atoms with Gasteiger partial charge in [-0.1, -0.05) is 6.92 Å². The largest absolute Gasteiger partial charge is 0.508 e. The first-order valence-corrected chi connectivity index (χ1v) is 23.7. The molecule has 0 bridgehead atoms. The molecule has 0 aromatic rings. The lowest BCUT2D eigenvalue weighted by Gasteiger charge is -2.40. The van der Waals surface area contributed by atoms with E-state index in [9.17, 15) is 0 Å². The molecule has 0 atom stereocenters. The zero-order chi connectivity index (χ0) is 33.3. The second kappa shape index (κ2) is 26.5. The van der Waals surface area contributed by atoms with Gasteiger partial charge in [0.1, 0.15) is 0 Å². The highest BCUT2D eigenvalue weighted by molar-refractivity contribution is 6.82. The summed E-state index contributed by atoms with van der Waals surface area (Å²) in [4.78, 5) is 0. The Morgan fingerprint density at radius 3 is 0.605 bits per heavy atom. The van der Waals surface area contributed by atoms with Crippen LogP contribution in [0.25, 0.3) is 0 Å². The van der Waals surface area contributed by atoms with Gasteiger partial charge in [-0.25, -0.2) is 0 Å². The van der Waals surface area contributed by atoms with Crippen molar-refractivity contribution in [2.24, 2.45) is 0 Å². The van der Waals surface area contributed by atoms with Crippen molar-refractivity contribution >= 4 is 35.2 Å². The van der Waals surface area contributed by atoms with E-state index < -0.39 is 35.2 Å². The molecule has 0 fully saturated rings. The lowest BCUT2D eigenvalue weighted by molar-refractivity contribution is 0.0347.